The molecule has 1 aromatic carbocycles. The lowest BCUT2D eigenvalue weighted by atomic mass is 9.93. The molecule has 1 rings (SSSR count). The van der Waals surface area contributed by atoms with Gasteiger partial charge in [-0.1, -0.05) is 83.9 Å². The summed E-state index contributed by atoms with van der Waals surface area (Å²) in [6, 6.07) is 6.80. The van der Waals surface area contributed by atoms with Crippen molar-refractivity contribution in [2.45, 2.75) is 84.5 Å². The van der Waals surface area contributed by atoms with Crippen LogP contribution in [0.3, 0.4) is 0 Å². The summed E-state index contributed by atoms with van der Waals surface area (Å²) >= 11 is 0. The average molecular weight is 383 g/mol. The fourth-order valence-electron chi connectivity index (χ4n) is 3.11. The number of hydrogen-bond acceptors (Lipinski definition) is 3. The molecule has 0 saturated heterocycles. The molecule has 0 bridgehead atoms. The molecule has 0 aromatic heterocycles. The minimum atomic E-state index is -3.62. The van der Waals surface area contributed by atoms with Crippen LogP contribution < -0.4 is 0 Å². The molecule has 26 heavy (non-hydrogen) atoms. The highest BCUT2D eigenvalue weighted by Crippen LogP contribution is 2.21. The smallest absolute Gasteiger partial charge is 0.266 e. The van der Waals surface area contributed by atoms with Gasteiger partial charge in [-0.2, -0.15) is 8.42 Å². The van der Waals surface area contributed by atoms with E-state index in [2.05, 4.69) is 27.7 Å². The monoisotopic (exact) mass is 382 g/mol. The van der Waals surface area contributed by atoms with Gasteiger partial charge in [-0.3, -0.25) is 4.18 Å². The molecule has 0 heterocycles. The van der Waals surface area contributed by atoms with E-state index in [-0.39, 0.29) is 11.5 Å². The SMILES string of the molecule is Cc1ccc(S(=O)(=O)OCC[C@H](C)CCC[C@H](C)CCCC(C)C)cc1. The molecule has 2 atom stereocenters. The first kappa shape index (κ1) is 23.2. The summed E-state index contributed by atoms with van der Waals surface area (Å²) < 4.78 is 29.5. The van der Waals surface area contributed by atoms with Crippen molar-refractivity contribution in [1.82, 2.24) is 0 Å². The number of hydrogen-bond donors (Lipinski definition) is 0. The Kier molecular flexibility index (Phi) is 10.5. The van der Waals surface area contributed by atoms with Crippen LogP contribution in [0.2, 0.25) is 0 Å². The molecule has 0 spiro atoms. The van der Waals surface area contributed by atoms with E-state index in [0.717, 1.165) is 30.2 Å². The molecule has 150 valence electrons. The molecule has 0 N–H and O–H groups in total. The Morgan fingerprint density at radius 1 is 0.808 bits per heavy atom. The Morgan fingerprint density at radius 3 is 1.85 bits per heavy atom. The van der Waals surface area contributed by atoms with E-state index in [1.54, 1.807) is 24.3 Å². The van der Waals surface area contributed by atoms with Gasteiger partial charge in [-0.15, -0.1) is 0 Å². The third-order valence-corrected chi connectivity index (χ3v) is 6.36. The average Bonchev–Trinajstić information content (AvgIpc) is 2.54. The molecule has 1 aromatic rings. The van der Waals surface area contributed by atoms with Crippen LogP contribution in [0.1, 0.15) is 78.2 Å². The molecule has 3 nitrogen and oxygen atoms in total. The second-order valence-electron chi connectivity index (χ2n) is 8.34. The molecular weight excluding hydrogens is 344 g/mol. The van der Waals surface area contributed by atoms with Crippen LogP contribution in [-0.2, 0) is 14.3 Å². The maximum absolute atomic E-state index is 12.2. The Labute approximate surface area is 161 Å². The molecule has 0 saturated carbocycles. The first-order valence-electron chi connectivity index (χ1n) is 10.2. The number of benzene rings is 1. The molecule has 0 aliphatic rings. The van der Waals surface area contributed by atoms with Crippen molar-refractivity contribution in [2.24, 2.45) is 17.8 Å². The molecule has 4 heteroatoms. The molecular formula is C22H38O3S. The van der Waals surface area contributed by atoms with Gasteiger partial charge in [0.15, 0.2) is 0 Å². The minimum Gasteiger partial charge on any atom is -0.266 e. The zero-order valence-corrected chi connectivity index (χ0v) is 18.1. The predicted octanol–water partition coefficient (Wildman–Crippen LogP) is 6.36. The van der Waals surface area contributed by atoms with Gasteiger partial charge >= 0.3 is 0 Å². The van der Waals surface area contributed by atoms with E-state index >= 15 is 0 Å². The van der Waals surface area contributed by atoms with Crippen LogP contribution in [0.25, 0.3) is 0 Å². The molecule has 0 aliphatic carbocycles. The normalized spacial score (nSPS) is 14.5. The minimum absolute atomic E-state index is 0.242. The fraction of sp³-hybridized carbons (Fsp3) is 0.727. The summed E-state index contributed by atoms with van der Waals surface area (Å²) in [7, 11) is -3.62. The summed E-state index contributed by atoms with van der Waals surface area (Å²) in [6.07, 6.45) is 8.39. The van der Waals surface area contributed by atoms with Crippen LogP contribution in [-0.4, -0.2) is 15.0 Å². The third kappa shape index (κ3) is 9.72. The summed E-state index contributed by atoms with van der Waals surface area (Å²) in [4.78, 5) is 0.242. The number of aryl methyl sites for hydroxylation is 1. The number of rotatable bonds is 13. The topological polar surface area (TPSA) is 43.4 Å². The van der Waals surface area contributed by atoms with Gasteiger partial charge in [0.05, 0.1) is 11.5 Å². The lowest BCUT2D eigenvalue weighted by molar-refractivity contribution is 0.278. The maximum atomic E-state index is 12.2. The summed E-state index contributed by atoms with van der Waals surface area (Å²) in [5.74, 6) is 2.09. The van der Waals surface area contributed by atoms with E-state index in [4.69, 9.17) is 4.18 Å². The lowest BCUT2D eigenvalue weighted by Crippen LogP contribution is -2.10. The highest BCUT2D eigenvalue weighted by Gasteiger charge is 2.15. The fourth-order valence-corrected chi connectivity index (χ4v) is 4.03. The largest absolute Gasteiger partial charge is 0.296 e. The Balaban J connectivity index is 2.20. The van der Waals surface area contributed by atoms with Crippen molar-refractivity contribution in [2.75, 3.05) is 6.61 Å². The Morgan fingerprint density at radius 2 is 1.31 bits per heavy atom. The van der Waals surface area contributed by atoms with Gasteiger partial charge in [0.25, 0.3) is 10.1 Å². The summed E-state index contributed by atoms with van der Waals surface area (Å²) in [5.41, 5.74) is 1.04. The summed E-state index contributed by atoms with van der Waals surface area (Å²) in [6.45, 7) is 11.3. The van der Waals surface area contributed by atoms with Crippen molar-refractivity contribution in [3.8, 4) is 0 Å². The highest BCUT2D eigenvalue weighted by molar-refractivity contribution is 7.86. The second-order valence-corrected chi connectivity index (χ2v) is 9.96. The van der Waals surface area contributed by atoms with Crippen molar-refractivity contribution in [3.63, 3.8) is 0 Å². The van der Waals surface area contributed by atoms with Crippen LogP contribution in [0.4, 0.5) is 0 Å². The van der Waals surface area contributed by atoms with Gasteiger partial charge < -0.3 is 0 Å². The van der Waals surface area contributed by atoms with E-state index < -0.39 is 10.1 Å². The molecule has 0 aliphatic heterocycles. The first-order chi connectivity index (χ1) is 12.2. The second kappa shape index (κ2) is 11.8. The zero-order chi connectivity index (χ0) is 19.6. The van der Waals surface area contributed by atoms with Crippen molar-refractivity contribution in [1.29, 1.82) is 0 Å². The van der Waals surface area contributed by atoms with E-state index in [1.807, 2.05) is 6.92 Å². The van der Waals surface area contributed by atoms with Gasteiger partial charge in [-0.25, -0.2) is 0 Å². The third-order valence-electron chi connectivity index (χ3n) is 5.03. The van der Waals surface area contributed by atoms with Gasteiger partial charge in [0.1, 0.15) is 0 Å². The lowest BCUT2D eigenvalue weighted by Gasteiger charge is -2.15. The quantitative estimate of drug-likeness (QED) is 0.373. The predicted molar refractivity (Wildman–Crippen MR) is 110 cm³/mol. The van der Waals surface area contributed by atoms with Crippen molar-refractivity contribution in [3.05, 3.63) is 29.8 Å². The van der Waals surface area contributed by atoms with Gasteiger partial charge in [0, 0.05) is 0 Å². The van der Waals surface area contributed by atoms with E-state index in [1.165, 1.54) is 32.1 Å². The standard InChI is InChI=1S/C22H38O3S/c1-18(2)8-6-9-19(3)10-7-11-20(4)16-17-25-26(23,24)22-14-12-21(5)13-15-22/h12-15,18-20H,6-11,16-17H2,1-5H3/t19-,20-/m1/s1. The molecule has 0 amide bonds. The van der Waals surface area contributed by atoms with Crippen LogP contribution in [0, 0.1) is 24.7 Å². The Hall–Kier alpha value is -0.870. The molecule has 0 unspecified atom stereocenters. The van der Waals surface area contributed by atoms with Gasteiger partial charge in [-0.05, 0) is 43.2 Å². The Bertz CT molecular complexity index is 590. The molecule has 0 fully saturated rings. The van der Waals surface area contributed by atoms with Crippen LogP contribution >= 0.6 is 0 Å². The van der Waals surface area contributed by atoms with Crippen molar-refractivity contribution >= 4 is 10.1 Å². The highest BCUT2D eigenvalue weighted by atomic mass is 32.2. The van der Waals surface area contributed by atoms with Gasteiger partial charge in [0.2, 0.25) is 0 Å². The van der Waals surface area contributed by atoms with Crippen molar-refractivity contribution < 1.29 is 12.6 Å². The summed E-state index contributed by atoms with van der Waals surface area (Å²) in [5, 5.41) is 0. The van der Waals surface area contributed by atoms with Crippen LogP contribution in [0.5, 0.6) is 0 Å². The van der Waals surface area contributed by atoms with Crippen LogP contribution in [0.15, 0.2) is 29.2 Å². The zero-order valence-electron chi connectivity index (χ0n) is 17.3. The van der Waals surface area contributed by atoms with E-state index in [9.17, 15) is 8.42 Å². The molecule has 0 radical (unpaired) electrons. The first-order valence-corrected chi connectivity index (χ1v) is 11.6. The van der Waals surface area contributed by atoms with E-state index in [0.29, 0.717) is 5.92 Å². The maximum Gasteiger partial charge on any atom is 0.296 e.